The second-order valence-electron chi connectivity index (χ2n) is 4.39. The van der Waals surface area contributed by atoms with Crippen LogP contribution in [0.5, 0.6) is 0 Å². The minimum Gasteiger partial charge on any atom is -0.481 e. The lowest BCUT2D eigenvalue weighted by Gasteiger charge is -2.10. The average Bonchev–Trinajstić information content (AvgIpc) is 2.74. The van der Waals surface area contributed by atoms with Crippen molar-refractivity contribution >= 4 is 27.5 Å². The lowest BCUT2D eigenvalue weighted by molar-refractivity contribution is -0.137. The van der Waals surface area contributed by atoms with E-state index in [0.29, 0.717) is 29.3 Å². The van der Waals surface area contributed by atoms with Gasteiger partial charge in [-0.05, 0) is 12.0 Å². The van der Waals surface area contributed by atoms with Gasteiger partial charge in [0.25, 0.3) is 5.56 Å². The summed E-state index contributed by atoms with van der Waals surface area (Å²) in [5.74, 6) is -0.471. The first-order valence-corrected chi connectivity index (χ1v) is 6.80. The molecule has 0 radical (unpaired) electrons. The minimum absolute atomic E-state index is 0.0390. The van der Waals surface area contributed by atoms with Gasteiger partial charge < -0.3 is 14.8 Å². The number of carboxylic acids is 1. The number of hydrogen-bond acceptors (Lipinski definition) is 5. The van der Waals surface area contributed by atoms with Crippen molar-refractivity contribution in [1.82, 2.24) is 9.97 Å². The van der Waals surface area contributed by atoms with Gasteiger partial charge in [-0.2, -0.15) is 0 Å². The van der Waals surface area contributed by atoms with Gasteiger partial charge in [0.1, 0.15) is 10.7 Å². The molecule has 2 aromatic rings. The fourth-order valence-electron chi connectivity index (χ4n) is 2.22. The molecule has 2 N–H and O–H groups in total. The van der Waals surface area contributed by atoms with Gasteiger partial charge in [0.2, 0.25) is 0 Å². The van der Waals surface area contributed by atoms with Crippen LogP contribution in [0, 0.1) is 0 Å². The highest BCUT2D eigenvalue weighted by atomic mass is 32.1. The third kappa shape index (κ3) is 2.26. The lowest BCUT2D eigenvalue weighted by atomic mass is 10.1. The molecule has 7 heteroatoms. The Balaban J connectivity index is 2.06. The van der Waals surface area contributed by atoms with Crippen LogP contribution >= 0.6 is 11.3 Å². The molecule has 3 heterocycles. The molecule has 0 bridgehead atoms. The molecule has 19 heavy (non-hydrogen) atoms. The monoisotopic (exact) mass is 280 g/mol. The first kappa shape index (κ1) is 12.3. The second kappa shape index (κ2) is 4.75. The summed E-state index contributed by atoms with van der Waals surface area (Å²) >= 11 is 1.46. The Kier molecular flexibility index (Phi) is 3.08. The smallest absolute Gasteiger partial charge is 0.303 e. The number of thiophene rings is 1. The van der Waals surface area contributed by atoms with E-state index in [0.717, 1.165) is 16.9 Å². The number of aromatic nitrogens is 2. The van der Waals surface area contributed by atoms with Crippen LogP contribution in [0.3, 0.4) is 0 Å². The summed E-state index contributed by atoms with van der Waals surface area (Å²) in [5.41, 5.74) is 0.856. The Morgan fingerprint density at radius 2 is 2.37 bits per heavy atom. The van der Waals surface area contributed by atoms with Gasteiger partial charge in [0, 0.05) is 11.3 Å². The first-order valence-electron chi connectivity index (χ1n) is 5.98. The number of rotatable bonds is 3. The molecule has 0 spiro atoms. The topological polar surface area (TPSA) is 92.3 Å². The number of ether oxygens (including phenoxy) is 1. The van der Waals surface area contributed by atoms with Crippen LogP contribution in [-0.4, -0.2) is 27.7 Å². The van der Waals surface area contributed by atoms with Gasteiger partial charge >= 0.3 is 5.97 Å². The second-order valence-corrected chi connectivity index (χ2v) is 5.48. The molecule has 0 atom stereocenters. The van der Waals surface area contributed by atoms with Crippen molar-refractivity contribution in [2.24, 2.45) is 0 Å². The van der Waals surface area contributed by atoms with E-state index in [1.54, 1.807) is 0 Å². The summed E-state index contributed by atoms with van der Waals surface area (Å²) in [7, 11) is 0. The molecule has 0 saturated heterocycles. The molecule has 6 nitrogen and oxygen atoms in total. The number of aryl methyl sites for hydroxylation is 1. The molecular weight excluding hydrogens is 268 g/mol. The fourth-order valence-corrected chi connectivity index (χ4v) is 3.40. The van der Waals surface area contributed by atoms with Crippen LogP contribution in [0.2, 0.25) is 0 Å². The zero-order valence-corrected chi connectivity index (χ0v) is 10.9. The minimum atomic E-state index is -0.901. The van der Waals surface area contributed by atoms with Crippen LogP contribution in [0.25, 0.3) is 10.2 Å². The molecule has 100 valence electrons. The van der Waals surface area contributed by atoms with E-state index in [9.17, 15) is 9.59 Å². The van der Waals surface area contributed by atoms with Crippen LogP contribution in [0.15, 0.2) is 4.79 Å². The molecule has 3 rings (SSSR count). The number of nitrogens with zero attached hydrogens (tertiary/aromatic N) is 1. The third-order valence-electron chi connectivity index (χ3n) is 3.10. The number of fused-ring (bicyclic) bond motifs is 3. The fraction of sp³-hybridized carbons (Fsp3) is 0.417. The summed E-state index contributed by atoms with van der Waals surface area (Å²) in [5, 5.41) is 9.30. The molecule has 2 aromatic heterocycles. The van der Waals surface area contributed by atoms with Gasteiger partial charge in [-0.3, -0.25) is 9.59 Å². The molecule has 0 unspecified atom stereocenters. The van der Waals surface area contributed by atoms with Gasteiger partial charge in [-0.15, -0.1) is 11.3 Å². The van der Waals surface area contributed by atoms with E-state index in [4.69, 9.17) is 9.84 Å². The number of carbonyl (C=O) groups is 1. The van der Waals surface area contributed by atoms with Crippen molar-refractivity contribution in [3.05, 3.63) is 26.6 Å². The molecule has 0 aromatic carbocycles. The number of H-pyrrole nitrogens is 1. The van der Waals surface area contributed by atoms with E-state index in [-0.39, 0.29) is 18.4 Å². The summed E-state index contributed by atoms with van der Waals surface area (Å²) < 4.78 is 5.37. The van der Waals surface area contributed by atoms with E-state index in [1.807, 2.05) is 0 Å². The molecule has 0 aliphatic carbocycles. The summed E-state index contributed by atoms with van der Waals surface area (Å²) in [4.78, 5) is 31.4. The number of hydrogen-bond donors (Lipinski definition) is 2. The summed E-state index contributed by atoms with van der Waals surface area (Å²) in [6.45, 7) is 1.15. The lowest BCUT2D eigenvalue weighted by Crippen LogP contribution is -2.15. The molecule has 1 aliphatic rings. The van der Waals surface area contributed by atoms with E-state index < -0.39 is 5.97 Å². The quantitative estimate of drug-likeness (QED) is 0.877. The molecule has 0 fully saturated rings. The molecule has 1 aliphatic heterocycles. The summed E-state index contributed by atoms with van der Waals surface area (Å²) in [6.07, 6.45) is 0.927. The van der Waals surface area contributed by atoms with Crippen LogP contribution in [-0.2, 0) is 29.0 Å². The maximum absolute atomic E-state index is 12.1. The SMILES string of the molecule is O=C(O)CCc1nc2sc3c(c2c(=O)[nH]1)CCOC3. The maximum atomic E-state index is 12.1. The van der Waals surface area contributed by atoms with Crippen molar-refractivity contribution in [2.75, 3.05) is 6.61 Å². The molecular formula is C12H12N2O4S. The number of nitrogens with one attached hydrogen (secondary N) is 1. The van der Waals surface area contributed by atoms with Crippen molar-refractivity contribution in [3.63, 3.8) is 0 Å². The Morgan fingerprint density at radius 1 is 1.53 bits per heavy atom. The Labute approximate surface area is 112 Å². The highest BCUT2D eigenvalue weighted by Gasteiger charge is 2.20. The molecule has 0 amide bonds. The standard InChI is InChI=1S/C12H12N2O4S/c15-9(16)2-1-8-13-11(17)10-6-3-4-18-5-7(6)19-12(10)14-8/h1-5H2,(H,15,16)(H,13,14,17). The predicted molar refractivity (Wildman–Crippen MR) is 69.6 cm³/mol. The zero-order valence-electron chi connectivity index (χ0n) is 10.1. The third-order valence-corrected chi connectivity index (χ3v) is 4.20. The highest BCUT2D eigenvalue weighted by Crippen LogP contribution is 2.31. The van der Waals surface area contributed by atoms with Crippen LogP contribution in [0.4, 0.5) is 0 Å². The van der Waals surface area contributed by atoms with Crippen molar-refractivity contribution in [1.29, 1.82) is 0 Å². The molecule has 0 saturated carbocycles. The maximum Gasteiger partial charge on any atom is 0.303 e. The largest absolute Gasteiger partial charge is 0.481 e. The van der Waals surface area contributed by atoms with Crippen molar-refractivity contribution in [3.8, 4) is 0 Å². The average molecular weight is 280 g/mol. The highest BCUT2D eigenvalue weighted by molar-refractivity contribution is 7.18. The Bertz CT molecular complexity index is 704. The Hall–Kier alpha value is -1.73. The van der Waals surface area contributed by atoms with E-state index in [1.165, 1.54) is 11.3 Å². The van der Waals surface area contributed by atoms with Crippen LogP contribution in [0.1, 0.15) is 22.7 Å². The van der Waals surface area contributed by atoms with Gasteiger partial charge in [0.05, 0.1) is 25.0 Å². The first-order chi connectivity index (χ1) is 9.15. The van der Waals surface area contributed by atoms with Gasteiger partial charge in [-0.25, -0.2) is 4.98 Å². The Morgan fingerprint density at radius 3 is 3.16 bits per heavy atom. The number of carboxylic acid groups (broad SMARTS) is 1. The van der Waals surface area contributed by atoms with Gasteiger partial charge in [0.15, 0.2) is 0 Å². The number of aliphatic carboxylic acids is 1. The number of aromatic amines is 1. The van der Waals surface area contributed by atoms with Gasteiger partial charge in [-0.1, -0.05) is 0 Å². The zero-order chi connectivity index (χ0) is 13.4. The van der Waals surface area contributed by atoms with Crippen LogP contribution < -0.4 is 5.56 Å². The summed E-state index contributed by atoms with van der Waals surface area (Å²) in [6, 6.07) is 0. The normalized spacial score (nSPS) is 14.5. The van der Waals surface area contributed by atoms with E-state index >= 15 is 0 Å². The predicted octanol–water partition coefficient (Wildman–Crippen LogP) is 1.07. The van der Waals surface area contributed by atoms with Crippen molar-refractivity contribution < 1.29 is 14.6 Å². The van der Waals surface area contributed by atoms with Crippen molar-refractivity contribution in [2.45, 2.75) is 25.9 Å². The van der Waals surface area contributed by atoms with E-state index in [2.05, 4.69) is 9.97 Å².